The standard InChI is InChI=1S/C26H22FN5O2/c1-4-32-23-17(11-18(15-30-23)22-10-5-16(13-28)14-29-22)12-21(25(32)34)24(33)31-26(2,3)19-6-8-20(27)9-7-19/h5-12,14-15H,4H2,1-3H3,(H,31,33). The number of carbonyl (C=O) groups excluding carboxylic acids is 1. The molecule has 1 aromatic carbocycles. The highest BCUT2D eigenvalue weighted by atomic mass is 19.1. The number of rotatable bonds is 5. The molecule has 0 atom stereocenters. The van der Waals surface area contributed by atoms with E-state index in [0.717, 1.165) is 0 Å². The van der Waals surface area contributed by atoms with Gasteiger partial charge in [0.05, 0.1) is 16.8 Å². The molecule has 4 rings (SSSR count). The van der Waals surface area contributed by atoms with Crippen molar-refractivity contribution in [3.05, 3.63) is 93.8 Å². The third-order valence-corrected chi connectivity index (χ3v) is 5.67. The Balaban J connectivity index is 1.76. The van der Waals surface area contributed by atoms with Crippen molar-refractivity contribution in [3.8, 4) is 17.3 Å². The van der Waals surface area contributed by atoms with Crippen LogP contribution in [0.4, 0.5) is 4.39 Å². The molecule has 8 heteroatoms. The molecule has 0 unspecified atom stereocenters. The van der Waals surface area contributed by atoms with Crippen molar-refractivity contribution in [2.24, 2.45) is 0 Å². The van der Waals surface area contributed by atoms with E-state index >= 15 is 0 Å². The number of amides is 1. The van der Waals surface area contributed by atoms with Gasteiger partial charge < -0.3 is 5.32 Å². The van der Waals surface area contributed by atoms with Gasteiger partial charge in [-0.05, 0) is 62.7 Å². The Morgan fingerprint density at radius 2 is 1.85 bits per heavy atom. The van der Waals surface area contributed by atoms with Crippen LogP contribution in [0.25, 0.3) is 22.3 Å². The minimum Gasteiger partial charge on any atom is -0.343 e. The van der Waals surface area contributed by atoms with Crippen LogP contribution in [0.3, 0.4) is 0 Å². The van der Waals surface area contributed by atoms with Gasteiger partial charge in [-0.3, -0.25) is 19.1 Å². The van der Waals surface area contributed by atoms with Gasteiger partial charge in [0.25, 0.3) is 11.5 Å². The average Bonchev–Trinajstić information content (AvgIpc) is 2.83. The van der Waals surface area contributed by atoms with Crippen LogP contribution in [-0.4, -0.2) is 20.4 Å². The lowest BCUT2D eigenvalue weighted by atomic mass is 9.94. The van der Waals surface area contributed by atoms with E-state index in [2.05, 4.69) is 15.3 Å². The van der Waals surface area contributed by atoms with Crippen LogP contribution in [0.5, 0.6) is 0 Å². The number of aryl methyl sites for hydroxylation is 1. The second-order valence-electron chi connectivity index (χ2n) is 8.37. The Hall–Kier alpha value is -4.38. The van der Waals surface area contributed by atoms with Crippen LogP contribution in [0.1, 0.15) is 42.3 Å². The Morgan fingerprint density at radius 3 is 2.47 bits per heavy atom. The zero-order chi connectivity index (χ0) is 24.5. The van der Waals surface area contributed by atoms with Gasteiger partial charge in [0, 0.05) is 29.9 Å². The molecule has 0 fully saturated rings. The predicted octanol–water partition coefficient (Wildman–Crippen LogP) is 4.15. The molecule has 0 spiro atoms. The van der Waals surface area contributed by atoms with Gasteiger partial charge in [-0.1, -0.05) is 12.1 Å². The van der Waals surface area contributed by atoms with Crippen molar-refractivity contribution in [1.29, 1.82) is 5.26 Å². The number of aromatic nitrogens is 3. The molecule has 0 saturated heterocycles. The third-order valence-electron chi connectivity index (χ3n) is 5.67. The van der Waals surface area contributed by atoms with Gasteiger partial charge in [0.15, 0.2) is 0 Å². The van der Waals surface area contributed by atoms with Crippen LogP contribution < -0.4 is 10.9 Å². The molecule has 1 N–H and O–H groups in total. The van der Waals surface area contributed by atoms with E-state index in [0.29, 0.717) is 40.0 Å². The fourth-order valence-corrected chi connectivity index (χ4v) is 3.78. The number of carbonyl (C=O) groups is 1. The molecule has 0 bridgehead atoms. The van der Waals surface area contributed by atoms with Crippen LogP contribution in [0.2, 0.25) is 0 Å². The summed E-state index contributed by atoms with van der Waals surface area (Å²) in [6.45, 7) is 5.71. The van der Waals surface area contributed by atoms with E-state index in [4.69, 9.17) is 5.26 Å². The van der Waals surface area contributed by atoms with Crippen LogP contribution in [0.15, 0.2) is 65.7 Å². The number of pyridine rings is 3. The minimum absolute atomic E-state index is 0.0173. The summed E-state index contributed by atoms with van der Waals surface area (Å²) >= 11 is 0. The zero-order valence-electron chi connectivity index (χ0n) is 19.0. The molecule has 3 heterocycles. The van der Waals surface area contributed by atoms with Crippen molar-refractivity contribution < 1.29 is 9.18 Å². The van der Waals surface area contributed by atoms with Crippen LogP contribution in [-0.2, 0) is 12.1 Å². The number of hydrogen-bond donors (Lipinski definition) is 1. The second-order valence-corrected chi connectivity index (χ2v) is 8.37. The number of nitriles is 1. The molecule has 7 nitrogen and oxygen atoms in total. The quantitative estimate of drug-likeness (QED) is 0.487. The van der Waals surface area contributed by atoms with Crippen molar-refractivity contribution >= 4 is 16.9 Å². The molecule has 0 saturated carbocycles. The van der Waals surface area contributed by atoms with Gasteiger partial charge in [-0.25, -0.2) is 9.37 Å². The van der Waals surface area contributed by atoms with E-state index in [9.17, 15) is 14.0 Å². The van der Waals surface area contributed by atoms with E-state index in [-0.39, 0.29) is 11.4 Å². The number of fused-ring (bicyclic) bond motifs is 1. The molecular formula is C26H22FN5O2. The lowest BCUT2D eigenvalue weighted by molar-refractivity contribution is 0.0910. The van der Waals surface area contributed by atoms with E-state index in [1.165, 1.54) is 29.0 Å². The number of nitrogens with zero attached hydrogens (tertiary/aromatic N) is 4. The maximum atomic E-state index is 13.3. The van der Waals surface area contributed by atoms with Crippen LogP contribution >= 0.6 is 0 Å². The molecule has 34 heavy (non-hydrogen) atoms. The zero-order valence-corrected chi connectivity index (χ0v) is 19.0. The van der Waals surface area contributed by atoms with Gasteiger partial charge in [0.2, 0.25) is 0 Å². The lowest BCUT2D eigenvalue weighted by Crippen LogP contribution is -2.43. The molecule has 4 aromatic rings. The van der Waals surface area contributed by atoms with Crippen molar-refractivity contribution in [2.75, 3.05) is 0 Å². The maximum Gasteiger partial charge on any atom is 0.265 e. The fourth-order valence-electron chi connectivity index (χ4n) is 3.78. The molecular weight excluding hydrogens is 433 g/mol. The normalized spacial score (nSPS) is 11.3. The molecule has 3 aromatic heterocycles. The number of nitrogens with one attached hydrogen (secondary N) is 1. The van der Waals surface area contributed by atoms with Gasteiger partial charge in [-0.15, -0.1) is 0 Å². The van der Waals surface area contributed by atoms with Gasteiger partial charge >= 0.3 is 0 Å². The highest BCUT2D eigenvalue weighted by molar-refractivity contribution is 5.97. The summed E-state index contributed by atoms with van der Waals surface area (Å²) < 4.78 is 14.8. The maximum absolute atomic E-state index is 13.3. The average molecular weight is 455 g/mol. The molecule has 0 aliphatic rings. The Morgan fingerprint density at radius 1 is 1.12 bits per heavy atom. The first kappa shape index (κ1) is 22.8. The van der Waals surface area contributed by atoms with Crippen molar-refractivity contribution in [2.45, 2.75) is 32.9 Å². The summed E-state index contributed by atoms with van der Waals surface area (Å²) in [6.07, 6.45) is 3.09. The number of halogens is 1. The third kappa shape index (κ3) is 4.28. The summed E-state index contributed by atoms with van der Waals surface area (Å²) in [4.78, 5) is 35.1. The molecule has 1 amide bonds. The van der Waals surface area contributed by atoms with Crippen LogP contribution in [0, 0.1) is 17.1 Å². The van der Waals surface area contributed by atoms with E-state index in [1.807, 2.05) is 19.1 Å². The van der Waals surface area contributed by atoms with Crippen molar-refractivity contribution in [3.63, 3.8) is 0 Å². The number of benzene rings is 1. The van der Waals surface area contributed by atoms with E-state index in [1.54, 1.807) is 44.3 Å². The van der Waals surface area contributed by atoms with E-state index < -0.39 is 17.0 Å². The first-order valence-electron chi connectivity index (χ1n) is 10.7. The first-order chi connectivity index (χ1) is 16.2. The highest BCUT2D eigenvalue weighted by Crippen LogP contribution is 2.23. The monoisotopic (exact) mass is 455 g/mol. The summed E-state index contributed by atoms with van der Waals surface area (Å²) in [5, 5.41) is 12.5. The summed E-state index contributed by atoms with van der Waals surface area (Å²) in [6, 6.07) is 14.6. The highest BCUT2D eigenvalue weighted by Gasteiger charge is 2.26. The largest absolute Gasteiger partial charge is 0.343 e. The predicted molar refractivity (Wildman–Crippen MR) is 127 cm³/mol. The SMILES string of the molecule is CCn1c(=O)c(C(=O)NC(C)(C)c2ccc(F)cc2)cc2cc(-c3ccc(C#N)cn3)cnc21. The summed E-state index contributed by atoms with van der Waals surface area (Å²) in [5.74, 6) is -0.906. The fraction of sp³-hybridized carbons (Fsp3) is 0.192. The number of hydrogen-bond acceptors (Lipinski definition) is 5. The molecule has 0 aliphatic carbocycles. The molecule has 0 radical (unpaired) electrons. The summed E-state index contributed by atoms with van der Waals surface area (Å²) in [7, 11) is 0. The summed E-state index contributed by atoms with van der Waals surface area (Å²) in [5.41, 5.74) is 1.61. The Kier molecular flexibility index (Phi) is 5.95. The Bertz CT molecular complexity index is 1480. The smallest absolute Gasteiger partial charge is 0.265 e. The lowest BCUT2D eigenvalue weighted by Gasteiger charge is -2.27. The Labute approximate surface area is 195 Å². The minimum atomic E-state index is -0.838. The molecule has 0 aliphatic heterocycles. The van der Waals surface area contributed by atoms with Gasteiger partial charge in [0.1, 0.15) is 23.1 Å². The van der Waals surface area contributed by atoms with Gasteiger partial charge in [-0.2, -0.15) is 5.26 Å². The molecule has 170 valence electrons. The van der Waals surface area contributed by atoms with Crippen molar-refractivity contribution in [1.82, 2.24) is 19.9 Å². The first-order valence-corrected chi connectivity index (χ1v) is 10.7. The second kappa shape index (κ2) is 8.87. The topological polar surface area (TPSA) is 101 Å².